The van der Waals surface area contributed by atoms with Crippen molar-refractivity contribution in [1.82, 2.24) is 0 Å². The summed E-state index contributed by atoms with van der Waals surface area (Å²) in [6, 6.07) is 12.4. The Bertz CT molecular complexity index is 943. The summed E-state index contributed by atoms with van der Waals surface area (Å²) in [5.74, 6) is 0.582. The molecule has 0 spiro atoms. The quantitative estimate of drug-likeness (QED) is 0.650. The molecule has 8 heteroatoms. The summed E-state index contributed by atoms with van der Waals surface area (Å²) >= 11 is 0. The topological polar surface area (TPSA) is 84.9 Å². The van der Waals surface area contributed by atoms with Gasteiger partial charge >= 0.3 is 0 Å². The third-order valence-corrected chi connectivity index (χ3v) is 5.11. The van der Waals surface area contributed by atoms with Crippen LogP contribution in [0.4, 0.5) is 11.4 Å². The Morgan fingerprint density at radius 3 is 2.54 bits per heavy atom. The van der Waals surface area contributed by atoms with Crippen LogP contribution in [-0.4, -0.2) is 40.3 Å². The number of carbonyl (C=O) groups excluding carboxylic acids is 1. The second-order valence-electron chi connectivity index (χ2n) is 6.05. The zero-order valence-electron chi connectivity index (χ0n) is 16.1. The van der Waals surface area contributed by atoms with E-state index in [4.69, 9.17) is 9.47 Å². The number of nitrogens with one attached hydrogen (secondary N) is 1. The Balaban J connectivity index is 2.26. The van der Waals surface area contributed by atoms with Crippen molar-refractivity contribution in [2.75, 3.05) is 29.6 Å². The Morgan fingerprint density at radius 2 is 1.89 bits per heavy atom. The van der Waals surface area contributed by atoms with Crippen molar-refractivity contribution in [2.45, 2.75) is 13.0 Å². The zero-order chi connectivity index (χ0) is 20.7. The Hall–Kier alpha value is -3.00. The predicted molar refractivity (Wildman–Crippen MR) is 111 cm³/mol. The molecule has 150 valence electrons. The van der Waals surface area contributed by atoms with Gasteiger partial charge in [0.25, 0.3) is 0 Å². The highest BCUT2D eigenvalue weighted by Crippen LogP contribution is 2.26. The molecule has 0 radical (unpaired) electrons. The van der Waals surface area contributed by atoms with Crippen molar-refractivity contribution in [3.63, 3.8) is 0 Å². The average molecular weight is 404 g/mol. The van der Waals surface area contributed by atoms with Gasteiger partial charge in [-0.15, -0.1) is 0 Å². The molecule has 0 saturated heterocycles. The van der Waals surface area contributed by atoms with Crippen molar-refractivity contribution in [3.8, 4) is 11.5 Å². The number of nitrogens with zero attached hydrogens (tertiary/aromatic N) is 1. The molecule has 0 bridgehead atoms. The van der Waals surface area contributed by atoms with Gasteiger partial charge in [-0.3, -0.25) is 9.10 Å². The van der Waals surface area contributed by atoms with E-state index in [9.17, 15) is 13.2 Å². The maximum atomic E-state index is 12.7. The van der Waals surface area contributed by atoms with Crippen LogP contribution < -0.4 is 19.1 Å². The number of carbonyl (C=O) groups is 1. The fraction of sp³-hybridized carbons (Fsp3) is 0.250. The molecule has 0 heterocycles. The Kier molecular flexibility index (Phi) is 7.06. The molecule has 0 aliphatic rings. The molecule has 28 heavy (non-hydrogen) atoms. The van der Waals surface area contributed by atoms with Crippen LogP contribution in [0.5, 0.6) is 11.5 Å². The van der Waals surface area contributed by atoms with Crippen LogP contribution in [-0.2, 0) is 14.8 Å². The SMILES string of the molecule is C=CCOc1cccc(NC(=O)C(C)N(c2cccc(OC)c2)S(C)(=O)=O)c1. The molecule has 7 nitrogen and oxygen atoms in total. The van der Waals surface area contributed by atoms with Crippen LogP contribution in [0.25, 0.3) is 0 Å². The number of methoxy groups -OCH3 is 1. The Morgan fingerprint density at radius 1 is 1.21 bits per heavy atom. The molecular weight excluding hydrogens is 380 g/mol. The standard InChI is InChI=1S/C20H24N2O5S/c1-5-12-27-19-11-6-8-16(13-19)21-20(23)15(2)22(28(4,24)25)17-9-7-10-18(14-17)26-3/h5-11,13-15H,1,12H2,2-4H3,(H,21,23). The lowest BCUT2D eigenvalue weighted by Crippen LogP contribution is -2.45. The summed E-state index contributed by atoms with van der Waals surface area (Å²) in [6.07, 6.45) is 2.67. The number of rotatable bonds is 9. The summed E-state index contributed by atoms with van der Waals surface area (Å²) in [7, 11) is -2.23. The molecular formula is C20H24N2O5S. The first kappa shape index (κ1) is 21.3. The maximum absolute atomic E-state index is 12.7. The second kappa shape index (κ2) is 9.27. The predicted octanol–water partition coefficient (Wildman–Crippen LogP) is 3.05. The molecule has 0 aromatic heterocycles. The second-order valence-corrected chi connectivity index (χ2v) is 7.91. The molecule has 2 rings (SSSR count). The number of anilines is 2. The monoisotopic (exact) mass is 404 g/mol. The normalized spacial score (nSPS) is 12.0. The number of hydrogen-bond acceptors (Lipinski definition) is 5. The number of sulfonamides is 1. The number of benzene rings is 2. The lowest BCUT2D eigenvalue weighted by atomic mass is 10.2. The van der Waals surface area contributed by atoms with E-state index in [1.54, 1.807) is 54.6 Å². The highest BCUT2D eigenvalue weighted by atomic mass is 32.2. The van der Waals surface area contributed by atoms with Crippen molar-refractivity contribution in [2.24, 2.45) is 0 Å². The smallest absolute Gasteiger partial charge is 0.247 e. The van der Waals surface area contributed by atoms with E-state index in [-0.39, 0.29) is 0 Å². The van der Waals surface area contributed by atoms with Gasteiger partial charge in [0.05, 0.1) is 19.1 Å². The van der Waals surface area contributed by atoms with E-state index in [2.05, 4.69) is 11.9 Å². The van der Waals surface area contributed by atoms with Gasteiger partial charge in [0.15, 0.2) is 0 Å². The van der Waals surface area contributed by atoms with Gasteiger partial charge in [-0.1, -0.05) is 24.8 Å². The van der Waals surface area contributed by atoms with Crippen molar-refractivity contribution in [1.29, 1.82) is 0 Å². The minimum absolute atomic E-state index is 0.339. The molecule has 0 fully saturated rings. The molecule has 2 aromatic rings. The highest BCUT2D eigenvalue weighted by molar-refractivity contribution is 7.92. The summed E-state index contributed by atoms with van der Waals surface area (Å²) in [5, 5.41) is 2.73. The van der Waals surface area contributed by atoms with E-state index in [1.807, 2.05) is 0 Å². The molecule has 0 aliphatic carbocycles. The summed E-state index contributed by atoms with van der Waals surface area (Å²) in [4.78, 5) is 12.7. The molecule has 0 saturated carbocycles. The fourth-order valence-electron chi connectivity index (χ4n) is 2.62. The van der Waals surface area contributed by atoms with E-state index in [0.29, 0.717) is 29.5 Å². The highest BCUT2D eigenvalue weighted by Gasteiger charge is 2.29. The van der Waals surface area contributed by atoms with Gasteiger partial charge in [-0.2, -0.15) is 0 Å². The summed E-state index contributed by atoms with van der Waals surface area (Å²) in [5.41, 5.74) is 0.838. The summed E-state index contributed by atoms with van der Waals surface area (Å²) < 4.78 is 36.4. The molecule has 0 aliphatic heterocycles. The van der Waals surface area contributed by atoms with Gasteiger partial charge in [-0.25, -0.2) is 8.42 Å². The molecule has 1 amide bonds. The van der Waals surface area contributed by atoms with Gasteiger partial charge in [0, 0.05) is 17.8 Å². The molecule has 1 N–H and O–H groups in total. The van der Waals surface area contributed by atoms with Crippen LogP contribution in [0.3, 0.4) is 0 Å². The van der Waals surface area contributed by atoms with Crippen LogP contribution in [0.2, 0.25) is 0 Å². The fourth-order valence-corrected chi connectivity index (χ4v) is 3.79. The maximum Gasteiger partial charge on any atom is 0.247 e. The molecule has 2 aromatic carbocycles. The van der Waals surface area contributed by atoms with Gasteiger partial charge in [-0.05, 0) is 31.2 Å². The van der Waals surface area contributed by atoms with E-state index < -0.39 is 22.0 Å². The van der Waals surface area contributed by atoms with Crippen LogP contribution in [0.15, 0.2) is 61.2 Å². The van der Waals surface area contributed by atoms with Crippen LogP contribution >= 0.6 is 0 Å². The minimum Gasteiger partial charge on any atom is -0.497 e. The van der Waals surface area contributed by atoms with Crippen molar-refractivity contribution in [3.05, 3.63) is 61.2 Å². The van der Waals surface area contributed by atoms with Crippen molar-refractivity contribution < 1.29 is 22.7 Å². The third-order valence-electron chi connectivity index (χ3n) is 3.87. The number of amides is 1. The van der Waals surface area contributed by atoms with Gasteiger partial charge in [0.2, 0.25) is 15.9 Å². The lowest BCUT2D eigenvalue weighted by molar-refractivity contribution is -0.116. The van der Waals surface area contributed by atoms with E-state index in [1.165, 1.54) is 14.0 Å². The Labute approximate surface area is 165 Å². The first-order valence-electron chi connectivity index (χ1n) is 8.54. The third kappa shape index (κ3) is 5.50. The first-order valence-corrected chi connectivity index (χ1v) is 10.4. The van der Waals surface area contributed by atoms with E-state index >= 15 is 0 Å². The van der Waals surface area contributed by atoms with Crippen LogP contribution in [0.1, 0.15) is 6.92 Å². The van der Waals surface area contributed by atoms with Crippen LogP contribution in [0, 0.1) is 0 Å². The number of hydrogen-bond donors (Lipinski definition) is 1. The zero-order valence-corrected chi connectivity index (χ0v) is 16.9. The molecule has 1 atom stereocenters. The van der Waals surface area contributed by atoms with E-state index in [0.717, 1.165) is 10.6 Å². The largest absolute Gasteiger partial charge is 0.497 e. The van der Waals surface area contributed by atoms with Gasteiger partial charge in [0.1, 0.15) is 24.1 Å². The first-order chi connectivity index (χ1) is 13.3. The lowest BCUT2D eigenvalue weighted by Gasteiger charge is -2.28. The van der Waals surface area contributed by atoms with Crippen molar-refractivity contribution >= 4 is 27.3 Å². The summed E-state index contributed by atoms with van der Waals surface area (Å²) in [6.45, 7) is 5.45. The number of ether oxygens (including phenoxy) is 2. The minimum atomic E-state index is -3.72. The average Bonchev–Trinajstić information content (AvgIpc) is 2.65. The van der Waals surface area contributed by atoms with Gasteiger partial charge < -0.3 is 14.8 Å². The molecule has 1 unspecified atom stereocenters.